The quantitative estimate of drug-likeness (QED) is 0.729. The first-order valence-corrected chi connectivity index (χ1v) is 4.67. The highest BCUT2D eigenvalue weighted by Crippen LogP contribution is 2.22. The summed E-state index contributed by atoms with van der Waals surface area (Å²) in [5.41, 5.74) is 1.28. The number of hydrogen-bond donors (Lipinski definition) is 0. The first-order chi connectivity index (χ1) is 6.59. The van der Waals surface area contributed by atoms with E-state index in [0.29, 0.717) is 11.0 Å². The predicted molar refractivity (Wildman–Crippen MR) is 52.9 cm³/mol. The van der Waals surface area contributed by atoms with E-state index in [4.69, 9.17) is 11.6 Å². The van der Waals surface area contributed by atoms with E-state index < -0.39 is 5.82 Å². The lowest BCUT2D eigenvalue weighted by Gasteiger charge is -2.04. The number of rotatable bonds is 1. The monoisotopic (exact) mass is 213 g/mol. The van der Waals surface area contributed by atoms with Crippen LogP contribution in [0, 0.1) is 5.82 Å². The molecule has 0 radical (unpaired) electrons. The van der Waals surface area contributed by atoms with Crippen LogP contribution in [0.15, 0.2) is 12.1 Å². The van der Waals surface area contributed by atoms with E-state index in [2.05, 4.69) is 10.3 Å². The van der Waals surface area contributed by atoms with Gasteiger partial charge < -0.3 is 0 Å². The van der Waals surface area contributed by atoms with Crippen molar-refractivity contribution >= 4 is 22.6 Å². The van der Waals surface area contributed by atoms with E-state index in [1.165, 1.54) is 12.1 Å². The number of halogens is 2. The van der Waals surface area contributed by atoms with Gasteiger partial charge in [-0.3, -0.25) is 0 Å². The van der Waals surface area contributed by atoms with Crippen LogP contribution in [0.5, 0.6) is 0 Å². The van der Waals surface area contributed by atoms with Gasteiger partial charge in [0.2, 0.25) is 0 Å². The van der Waals surface area contributed by atoms with Crippen LogP contribution in [-0.2, 0) is 0 Å². The van der Waals surface area contributed by atoms with Crippen LogP contribution in [0.2, 0.25) is 5.02 Å². The Labute approximate surface area is 85.5 Å². The predicted octanol–water partition coefficient (Wildman–Crippen LogP) is 2.80. The van der Waals surface area contributed by atoms with Crippen molar-refractivity contribution in [2.24, 2.45) is 0 Å². The normalized spacial score (nSPS) is 11.5. The van der Waals surface area contributed by atoms with E-state index in [-0.39, 0.29) is 11.1 Å². The zero-order valence-electron chi connectivity index (χ0n) is 7.83. The SMILES string of the molecule is CC(C)n1nnc2cc(Cl)c(F)cc21. The second-order valence-electron chi connectivity index (χ2n) is 3.38. The molecule has 5 heteroatoms. The summed E-state index contributed by atoms with van der Waals surface area (Å²) in [6.45, 7) is 3.92. The van der Waals surface area contributed by atoms with E-state index in [9.17, 15) is 4.39 Å². The van der Waals surface area contributed by atoms with E-state index in [1.807, 2.05) is 13.8 Å². The average Bonchev–Trinajstić information content (AvgIpc) is 2.48. The van der Waals surface area contributed by atoms with Crippen LogP contribution in [0.4, 0.5) is 4.39 Å². The van der Waals surface area contributed by atoms with Crippen molar-refractivity contribution in [3.63, 3.8) is 0 Å². The van der Waals surface area contributed by atoms with Crippen molar-refractivity contribution in [3.05, 3.63) is 23.0 Å². The highest BCUT2D eigenvalue weighted by molar-refractivity contribution is 6.31. The molecule has 0 unspecified atom stereocenters. The van der Waals surface area contributed by atoms with E-state index >= 15 is 0 Å². The maximum Gasteiger partial charge on any atom is 0.144 e. The van der Waals surface area contributed by atoms with E-state index in [1.54, 1.807) is 4.68 Å². The number of aromatic nitrogens is 3. The smallest absolute Gasteiger partial charge is 0.144 e. The minimum absolute atomic E-state index is 0.0771. The maximum atomic E-state index is 13.2. The summed E-state index contributed by atoms with van der Waals surface area (Å²) in [6, 6.07) is 3.00. The Morgan fingerprint density at radius 1 is 1.43 bits per heavy atom. The largest absolute Gasteiger partial charge is 0.242 e. The molecule has 2 aromatic rings. The van der Waals surface area contributed by atoms with Crippen LogP contribution in [0.1, 0.15) is 19.9 Å². The van der Waals surface area contributed by atoms with Crippen LogP contribution < -0.4 is 0 Å². The summed E-state index contributed by atoms with van der Waals surface area (Å²) in [5.74, 6) is -0.441. The van der Waals surface area contributed by atoms with Crippen molar-refractivity contribution in [1.29, 1.82) is 0 Å². The molecule has 1 aromatic heterocycles. The lowest BCUT2D eigenvalue weighted by atomic mass is 10.3. The van der Waals surface area contributed by atoms with Gasteiger partial charge in [-0.05, 0) is 19.9 Å². The second-order valence-corrected chi connectivity index (χ2v) is 3.79. The molecular weight excluding hydrogens is 205 g/mol. The van der Waals surface area contributed by atoms with Gasteiger partial charge >= 0.3 is 0 Å². The second kappa shape index (κ2) is 3.20. The summed E-state index contributed by atoms with van der Waals surface area (Å²) in [5, 5.41) is 7.90. The third-order valence-corrected chi connectivity index (χ3v) is 2.29. The Balaban J connectivity index is 2.74. The van der Waals surface area contributed by atoms with Crippen molar-refractivity contribution in [2.75, 3.05) is 0 Å². The molecule has 0 atom stereocenters. The van der Waals surface area contributed by atoms with Crippen LogP contribution in [0.25, 0.3) is 11.0 Å². The highest BCUT2D eigenvalue weighted by atomic mass is 35.5. The molecule has 0 saturated carbocycles. The lowest BCUT2D eigenvalue weighted by Crippen LogP contribution is -2.02. The zero-order chi connectivity index (χ0) is 10.3. The summed E-state index contributed by atoms with van der Waals surface area (Å²) in [4.78, 5) is 0. The summed E-state index contributed by atoms with van der Waals surface area (Å²) in [7, 11) is 0. The molecule has 0 bridgehead atoms. The van der Waals surface area contributed by atoms with Gasteiger partial charge in [-0.2, -0.15) is 0 Å². The molecule has 14 heavy (non-hydrogen) atoms. The third-order valence-electron chi connectivity index (χ3n) is 2.00. The molecule has 3 nitrogen and oxygen atoms in total. The first kappa shape index (κ1) is 9.40. The standard InChI is InChI=1S/C9H9ClFN3/c1-5(2)14-9-4-7(11)6(10)3-8(9)12-13-14/h3-5H,1-2H3. The number of nitrogens with zero attached hydrogens (tertiary/aromatic N) is 3. The van der Waals surface area contributed by atoms with Crippen LogP contribution in [0.3, 0.4) is 0 Å². The Bertz CT molecular complexity index is 478. The number of fused-ring (bicyclic) bond motifs is 1. The molecule has 1 aromatic carbocycles. The Hall–Kier alpha value is -1.16. The molecule has 0 amide bonds. The molecular formula is C9H9ClFN3. The van der Waals surface area contributed by atoms with Gasteiger partial charge in [0, 0.05) is 12.1 Å². The Morgan fingerprint density at radius 2 is 2.14 bits per heavy atom. The fourth-order valence-corrected chi connectivity index (χ4v) is 1.47. The lowest BCUT2D eigenvalue weighted by molar-refractivity contribution is 0.529. The van der Waals surface area contributed by atoms with Gasteiger partial charge in [0.1, 0.15) is 11.3 Å². The highest BCUT2D eigenvalue weighted by Gasteiger charge is 2.10. The molecule has 2 rings (SSSR count). The molecule has 0 fully saturated rings. The fraction of sp³-hybridized carbons (Fsp3) is 0.333. The van der Waals surface area contributed by atoms with Crippen molar-refractivity contribution in [2.45, 2.75) is 19.9 Å². The maximum absolute atomic E-state index is 13.2. The fourth-order valence-electron chi connectivity index (χ4n) is 1.32. The molecule has 0 aliphatic heterocycles. The Kier molecular flexibility index (Phi) is 2.15. The molecule has 0 aliphatic rings. The minimum Gasteiger partial charge on any atom is -0.242 e. The molecule has 1 heterocycles. The van der Waals surface area contributed by atoms with Gasteiger partial charge in [-0.1, -0.05) is 16.8 Å². The summed E-state index contributed by atoms with van der Waals surface area (Å²) < 4.78 is 14.8. The minimum atomic E-state index is -0.441. The van der Waals surface area contributed by atoms with Gasteiger partial charge in [-0.15, -0.1) is 5.10 Å². The van der Waals surface area contributed by atoms with Gasteiger partial charge in [0.25, 0.3) is 0 Å². The third kappa shape index (κ3) is 1.35. The van der Waals surface area contributed by atoms with Gasteiger partial charge in [0.05, 0.1) is 10.5 Å². The molecule has 0 saturated heterocycles. The molecule has 0 N–H and O–H groups in total. The van der Waals surface area contributed by atoms with E-state index in [0.717, 1.165) is 0 Å². The van der Waals surface area contributed by atoms with Crippen LogP contribution in [-0.4, -0.2) is 15.0 Å². The Morgan fingerprint density at radius 3 is 2.79 bits per heavy atom. The molecule has 74 valence electrons. The van der Waals surface area contributed by atoms with Gasteiger partial charge in [-0.25, -0.2) is 9.07 Å². The summed E-state index contributed by atoms with van der Waals surface area (Å²) in [6.07, 6.45) is 0. The zero-order valence-corrected chi connectivity index (χ0v) is 8.59. The first-order valence-electron chi connectivity index (χ1n) is 4.29. The van der Waals surface area contributed by atoms with Crippen molar-refractivity contribution in [1.82, 2.24) is 15.0 Å². The van der Waals surface area contributed by atoms with Crippen molar-refractivity contribution in [3.8, 4) is 0 Å². The molecule has 0 aliphatic carbocycles. The topological polar surface area (TPSA) is 30.7 Å². The van der Waals surface area contributed by atoms with Crippen molar-refractivity contribution < 1.29 is 4.39 Å². The number of benzene rings is 1. The van der Waals surface area contributed by atoms with Crippen LogP contribution >= 0.6 is 11.6 Å². The summed E-state index contributed by atoms with van der Waals surface area (Å²) >= 11 is 5.62. The number of hydrogen-bond acceptors (Lipinski definition) is 2. The molecule has 0 spiro atoms. The van der Waals surface area contributed by atoms with Gasteiger partial charge in [0.15, 0.2) is 0 Å². The average molecular weight is 214 g/mol.